The SMILES string of the molecule is CSc1ccc(S(=O)(=O)NCc2nc(-c3ccccc3C)no2)cc1C(=O)N1CCCCCC1. The summed E-state index contributed by atoms with van der Waals surface area (Å²) in [6.07, 6.45) is 6.03. The molecule has 1 aliphatic heterocycles. The van der Waals surface area contributed by atoms with Crippen molar-refractivity contribution >= 4 is 27.7 Å². The van der Waals surface area contributed by atoms with Crippen LogP contribution in [0.2, 0.25) is 0 Å². The normalized spacial score (nSPS) is 14.7. The number of carbonyl (C=O) groups is 1. The Balaban J connectivity index is 1.52. The van der Waals surface area contributed by atoms with Crippen LogP contribution in [0.15, 0.2) is 56.8 Å². The number of nitrogens with one attached hydrogen (secondary N) is 1. The molecule has 0 spiro atoms. The van der Waals surface area contributed by atoms with Gasteiger partial charge in [-0.05, 0) is 49.8 Å². The largest absolute Gasteiger partial charge is 0.339 e. The number of hydrogen-bond acceptors (Lipinski definition) is 7. The van der Waals surface area contributed by atoms with Crippen LogP contribution >= 0.6 is 11.8 Å². The van der Waals surface area contributed by atoms with Crippen LogP contribution in [0.1, 0.15) is 47.5 Å². The van der Waals surface area contributed by atoms with Crippen molar-refractivity contribution in [2.45, 2.75) is 48.9 Å². The zero-order chi connectivity index (χ0) is 24.1. The second-order valence-electron chi connectivity index (χ2n) is 8.22. The van der Waals surface area contributed by atoms with Crippen molar-refractivity contribution in [1.82, 2.24) is 19.8 Å². The van der Waals surface area contributed by atoms with Gasteiger partial charge in [0.15, 0.2) is 0 Å². The molecule has 0 aliphatic carbocycles. The standard InChI is InChI=1S/C24H28N4O4S2/c1-17-9-5-6-10-19(17)23-26-22(32-27-23)16-25-34(30,31)18-11-12-21(33-2)20(15-18)24(29)28-13-7-3-4-8-14-28/h5-6,9-12,15,25H,3-4,7-8,13-14,16H2,1-2H3. The first-order chi connectivity index (χ1) is 16.4. The highest BCUT2D eigenvalue weighted by Gasteiger charge is 2.24. The minimum absolute atomic E-state index is 0.0297. The highest BCUT2D eigenvalue weighted by Crippen LogP contribution is 2.26. The lowest BCUT2D eigenvalue weighted by molar-refractivity contribution is 0.0758. The van der Waals surface area contributed by atoms with Crippen molar-refractivity contribution in [2.75, 3.05) is 19.3 Å². The highest BCUT2D eigenvalue weighted by atomic mass is 32.2. The van der Waals surface area contributed by atoms with Crippen molar-refractivity contribution in [3.63, 3.8) is 0 Å². The summed E-state index contributed by atoms with van der Waals surface area (Å²) in [4.78, 5) is 20.2. The molecule has 1 amide bonds. The Kier molecular flexibility index (Phi) is 7.70. The molecule has 34 heavy (non-hydrogen) atoms. The Bertz CT molecular complexity index is 1270. The van der Waals surface area contributed by atoms with Crippen LogP contribution in [-0.2, 0) is 16.6 Å². The molecule has 4 rings (SSSR count). The summed E-state index contributed by atoms with van der Waals surface area (Å²) in [6.45, 7) is 3.18. The van der Waals surface area contributed by atoms with Gasteiger partial charge in [-0.15, -0.1) is 11.8 Å². The Labute approximate surface area is 204 Å². The van der Waals surface area contributed by atoms with E-state index in [0.29, 0.717) is 24.5 Å². The van der Waals surface area contributed by atoms with Gasteiger partial charge in [-0.2, -0.15) is 4.98 Å². The number of aromatic nitrogens is 2. The number of sulfonamides is 1. The Morgan fingerprint density at radius 3 is 2.56 bits per heavy atom. The first kappa shape index (κ1) is 24.4. The second kappa shape index (κ2) is 10.7. The number of carbonyl (C=O) groups excluding carboxylic acids is 1. The van der Waals surface area contributed by atoms with Crippen LogP contribution in [0, 0.1) is 6.92 Å². The van der Waals surface area contributed by atoms with Gasteiger partial charge in [-0.3, -0.25) is 4.79 Å². The zero-order valence-corrected chi connectivity index (χ0v) is 20.9. The molecular formula is C24H28N4O4S2. The molecule has 1 fully saturated rings. The molecular weight excluding hydrogens is 472 g/mol. The molecule has 3 aromatic rings. The Morgan fingerprint density at radius 1 is 1.12 bits per heavy atom. The molecule has 0 unspecified atom stereocenters. The second-order valence-corrected chi connectivity index (χ2v) is 10.8. The van der Waals surface area contributed by atoms with Crippen LogP contribution in [0.3, 0.4) is 0 Å². The number of aryl methyl sites for hydroxylation is 1. The smallest absolute Gasteiger partial charge is 0.255 e. The average molecular weight is 501 g/mol. The van der Waals surface area contributed by atoms with E-state index in [4.69, 9.17) is 4.52 Å². The predicted molar refractivity (Wildman–Crippen MR) is 131 cm³/mol. The number of thioether (sulfide) groups is 1. The topological polar surface area (TPSA) is 105 Å². The minimum atomic E-state index is -3.90. The summed E-state index contributed by atoms with van der Waals surface area (Å²) in [5, 5.41) is 3.97. The Morgan fingerprint density at radius 2 is 1.85 bits per heavy atom. The van der Waals surface area contributed by atoms with Gasteiger partial charge in [0, 0.05) is 23.5 Å². The van der Waals surface area contributed by atoms with Crippen LogP contribution in [0.4, 0.5) is 0 Å². The van der Waals surface area contributed by atoms with E-state index in [1.165, 1.54) is 23.9 Å². The van der Waals surface area contributed by atoms with Gasteiger partial charge in [-0.1, -0.05) is 42.3 Å². The molecule has 0 radical (unpaired) electrons. The lowest BCUT2D eigenvalue weighted by atomic mass is 10.1. The lowest BCUT2D eigenvalue weighted by Gasteiger charge is -2.22. The number of likely N-dealkylation sites (tertiary alicyclic amines) is 1. The van der Waals surface area contributed by atoms with Crippen LogP contribution in [0.5, 0.6) is 0 Å². The van der Waals surface area contributed by atoms with Gasteiger partial charge in [0.1, 0.15) is 0 Å². The molecule has 2 heterocycles. The van der Waals surface area contributed by atoms with E-state index < -0.39 is 10.0 Å². The minimum Gasteiger partial charge on any atom is -0.339 e. The summed E-state index contributed by atoms with van der Waals surface area (Å²) in [5.74, 6) is 0.438. The molecule has 10 heteroatoms. The average Bonchev–Trinajstić information content (AvgIpc) is 3.15. The van der Waals surface area contributed by atoms with Crippen LogP contribution in [-0.4, -0.2) is 48.7 Å². The molecule has 1 saturated heterocycles. The maximum Gasteiger partial charge on any atom is 0.255 e. The summed E-state index contributed by atoms with van der Waals surface area (Å²) in [7, 11) is -3.90. The number of rotatable bonds is 7. The van der Waals surface area contributed by atoms with Gasteiger partial charge in [0.2, 0.25) is 21.7 Å². The molecule has 180 valence electrons. The third-order valence-corrected chi connectivity index (χ3v) is 8.07. The van der Waals surface area contributed by atoms with E-state index in [2.05, 4.69) is 14.9 Å². The van der Waals surface area contributed by atoms with Crippen molar-refractivity contribution in [2.24, 2.45) is 0 Å². The van der Waals surface area contributed by atoms with Gasteiger partial charge >= 0.3 is 0 Å². The highest BCUT2D eigenvalue weighted by molar-refractivity contribution is 7.98. The van der Waals surface area contributed by atoms with E-state index in [0.717, 1.165) is 41.7 Å². The summed E-state index contributed by atoms with van der Waals surface area (Å²) in [5.41, 5.74) is 2.23. The predicted octanol–water partition coefficient (Wildman–Crippen LogP) is 4.26. The molecule has 0 bridgehead atoms. The first-order valence-electron chi connectivity index (χ1n) is 11.2. The summed E-state index contributed by atoms with van der Waals surface area (Å²) < 4.78 is 33.8. The fourth-order valence-electron chi connectivity index (χ4n) is 3.97. The summed E-state index contributed by atoms with van der Waals surface area (Å²) >= 11 is 1.43. The molecule has 2 aromatic carbocycles. The van der Waals surface area contributed by atoms with Crippen LogP contribution in [0.25, 0.3) is 11.4 Å². The van der Waals surface area contributed by atoms with E-state index in [1.807, 2.05) is 42.3 Å². The van der Waals surface area contributed by atoms with Gasteiger partial charge in [-0.25, -0.2) is 13.1 Å². The molecule has 1 aromatic heterocycles. The quantitative estimate of drug-likeness (QED) is 0.483. The fraction of sp³-hybridized carbons (Fsp3) is 0.375. The third-order valence-electron chi connectivity index (χ3n) is 5.87. The van der Waals surface area contributed by atoms with Crippen molar-refractivity contribution in [3.05, 3.63) is 59.5 Å². The molecule has 8 nitrogen and oxygen atoms in total. The van der Waals surface area contributed by atoms with Gasteiger partial charge < -0.3 is 9.42 Å². The monoisotopic (exact) mass is 500 g/mol. The van der Waals surface area contributed by atoms with Crippen molar-refractivity contribution < 1.29 is 17.7 Å². The molecule has 0 atom stereocenters. The zero-order valence-electron chi connectivity index (χ0n) is 19.3. The molecule has 1 N–H and O–H groups in total. The summed E-state index contributed by atoms with van der Waals surface area (Å²) in [6, 6.07) is 12.3. The number of hydrogen-bond donors (Lipinski definition) is 1. The van der Waals surface area contributed by atoms with Crippen molar-refractivity contribution in [3.8, 4) is 11.4 Å². The van der Waals surface area contributed by atoms with E-state index >= 15 is 0 Å². The van der Waals surface area contributed by atoms with Crippen LogP contribution < -0.4 is 4.72 Å². The number of amides is 1. The van der Waals surface area contributed by atoms with Crippen molar-refractivity contribution in [1.29, 1.82) is 0 Å². The molecule has 0 saturated carbocycles. The Hall–Kier alpha value is -2.69. The lowest BCUT2D eigenvalue weighted by Crippen LogP contribution is -2.32. The fourth-order valence-corrected chi connectivity index (χ4v) is 5.54. The maximum atomic E-state index is 13.2. The van der Waals surface area contributed by atoms with Gasteiger partial charge in [0.05, 0.1) is 17.0 Å². The van der Waals surface area contributed by atoms with E-state index in [9.17, 15) is 13.2 Å². The van der Waals surface area contributed by atoms with E-state index in [1.54, 1.807) is 6.07 Å². The number of nitrogens with zero attached hydrogens (tertiary/aromatic N) is 3. The maximum absolute atomic E-state index is 13.2. The third kappa shape index (κ3) is 5.51. The first-order valence-corrected chi connectivity index (χ1v) is 14.0. The van der Waals surface area contributed by atoms with E-state index in [-0.39, 0.29) is 23.2 Å². The van der Waals surface area contributed by atoms with Gasteiger partial charge in [0.25, 0.3) is 5.91 Å². The number of benzene rings is 2. The molecule has 1 aliphatic rings.